The van der Waals surface area contributed by atoms with Gasteiger partial charge in [0.25, 0.3) is 0 Å². The smallest absolute Gasteiger partial charge is 0.175 e. The second-order valence-electron chi connectivity index (χ2n) is 4.86. The van der Waals surface area contributed by atoms with Crippen molar-refractivity contribution in [2.45, 2.75) is 38.8 Å². The Bertz CT molecular complexity index is 385. The molecule has 1 aromatic heterocycles. The Labute approximate surface area is 89.4 Å². The lowest BCUT2D eigenvalue weighted by atomic mass is 9.92. The van der Waals surface area contributed by atoms with Crippen LogP contribution in [0.2, 0.25) is 0 Å². The van der Waals surface area contributed by atoms with Crippen LogP contribution in [0.5, 0.6) is 0 Å². The molecule has 2 rings (SSSR count). The second kappa shape index (κ2) is 3.41. The third-order valence-electron chi connectivity index (χ3n) is 2.49. The van der Waals surface area contributed by atoms with E-state index >= 15 is 0 Å². The van der Waals surface area contributed by atoms with E-state index in [-0.39, 0.29) is 11.6 Å². The lowest BCUT2D eigenvalue weighted by molar-refractivity contribution is 0.449. The maximum atomic E-state index is 5.52. The third-order valence-corrected chi connectivity index (χ3v) is 2.49. The summed E-state index contributed by atoms with van der Waals surface area (Å²) in [7, 11) is 0. The monoisotopic (exact) mass is 207 g/mol. The number of rotatable bonds is 2. The van der Waals surface area contributed by atoms with E-state index in [9.17, 15) is 0 Å². The van der Waals surface area contributed by atoms with Crippen LogP contribution in [0.25, 0.3) is 0 Å². The van der Waals surface area contributed by atoms with Gasteiger partial charge in [0.15, 0.2) is 12.0 Å². The van der Waals surface area contributed by atoms with Crippen LogP contribution in [0.4, 0.5) is 5.82 Å². The number of azo groups is 1. The molecule has 15 heavy (non-hydrogen) atoms. The molecule has 0 saturated heterocycles. The van der Waals surface area contributed by atoms with E-state index in [1.54, 1.807) is 0 Å². The van der Waals surface area contributed by atoms with Crippen molar-refractivity contribution < 1.29 is 0 Å². The predicted octanol–water partition coefficient (Wildman–Crippen LogP) is 2.13. The highest BCUT2D eigenvalue weighted by molar-refractivity contribution is 5.34. The van der Waals surface area contributed by atoms with Crippen LogP contribution in [-0.2, 0) is 5.41 Å². The molecule has 1 aliphatic rings. The number of nitrogens with zero attached hydrogens (tertiary/aromatic N) is 4. The first-order chi connectivity index (χ1) is 7.02. The molecule has 0 radical (unpaired) electrons. The highest BCUT2D eigenvalue weighted by Gasteiger charge is 2.25. The van der Waals surface area contributed by atoms with E-state index in [0.29, 0.717) is 6.54 Å². The summed E-state index contributed by atoms with van der Waals surface area (Å²) in [6.07, 6.45) is 0.794. The summed E-state index contributed by atoms with van der Waals surface area (Å²) < 4.78 is 1.87. The van der Waals surface area contributed by atoms with E-state index in [1.165, 1.54) is 0 Å². The Kier molecular flexibility index (Phi) is 2.34. The van der Waals surface area contributed by atoms with Gasteiger partial charge >= 0.3 is 0 Å². The molecule has 1 aromatic rings. The van der Waals surface area contributed by atoms with Crippen LogP contribution in [0.1, 0.15) is 39.1 Å². The van der Waals surface area contributed by atoms with Crippen molar-refractivity contribution >= 4 is 5.82 Å². The number of hydrogen-bond donors (Lipinski definition) is 1. The molecule has 2 N–H and O–H groups in total. The number of fused-ring (bicyclic) bond motifs is 1. The van der Waals surface area contributed by atoms with Crippen LogP contribution in [0, 0.1) is 0 Å². The maximum absolute atomic E-state index is 5.52. The van der Waals surface area contributed by atoms with Gasteiger partial charge in [-0.1, -0.05) is 20.8 Å². The molecule has 0 fully saturated rings. The zero-order valence-electron chi connectivity index (χ0n) is 9.44. The largest absolute Gasteiger partial charge is 0.330 e. The summed E-state index contributed by atoms with van der Waals surface area (Å²) in [4.78, 5) is 0. The molecule has 2 heterocycles. The summed E-state index contributed by atoms with van der Waals surface area (Å²) in [5, 5.41) is 12.8. The van der Waals surface area contributed by atoms with Crippen LogP contribution in [0.3, 0.4) is 0 Å². The van der Waals surface area contributed by atoms with Crippen LogP contribution in [0.15, 0.2) is 16.3 Å². The van der Waals surface area contributed by atoms with Crippen LogP contribution in [-0.4, -0.2) is 16.3 Å². The van der Waals surface area contributed by atoms with Gasteiger partial charge in [-0.25, -0.2) is 4.68 Å². The summed E-state index contributed by atoms with van der Waals surface area (Å²) in [5.74, 6) is 0.846. The fourth-order valence-corrected chi connectivity index (χ4v) is 1.55. The first-order valence-electron chi connectivity index (χ1n) is 5.23. The molecule has 0 spiro atoms. The Hall–Kier alpha value is -1.23. The summed E-state index contributed by atoms with van der Waals surface area (Å²) >= 11 is 0. The van der Waals surface area contributed by atoms with Gasteiger partial charge in [0.05, 0.1) is 5.69 Å². The van der Waals surface area contributed by atoms with E-state index in [1.807, 2.05) is 10.7 Å². The van der Waals surface area contributed by atoms with Crippen molar-refractivity contribution in [3.63, 3.8) is 0 Å². The van der Waals surface area contributed by atoms with Crippen molar-refractivity contribution in [2.75, 3.05) is 6.54 Å². The van der Waals surface area contributed by atoms with Gasteiger partial charge in [0.1, 0.15) is 0 Å². The van der Waals surface area contributed by atoms with E-state index < -0.39 is 0 Å². The fraction of sp³-hybridized carbons (Fsp3) is 0.700. The summed E-state index contributed by atoms with van der Waals surface area (Å²) in [6.45, 7) is 7.02. The summed E-state index contributed by atoms with van der Waals surface area (Å²) in [6, 6.07) is 2.00. The molecule has 1 atom stereocenters. The molecule has 0 amide bonds. The molecule has 0 bridgehead atoms. The molecular weight excluding hydrogens is 190 g/mol. The predicted molar refractivity (Wildman–Crippen MR) is 58.2 cm³/mol. The van der Waals surface area contributed by atoms with E-state index in [4.69, 9.17) is 5.73 Å². The topological polar surface area (TPSA) is 68.6 Å². The van der Waals surface area contributed by atoms with Crippen LogP contribution < -0.4 is 5.73 Å². The minimum absolute atomic E-state index is 0.00102. The van der Waals surface area contributed by atoms with Crippen molar-refractivity contribution in [3.05, 3.63) is 11.8 Å². The molecule has 0 saturated carbocycles. The van der Waals surface area contributed by atoms with Gasteiger partial charge in [-0.3, -0.25) is 0 Å². The Morgan fingerprint density at radius 2 is 2.20 bits per heavy atom. The second-order valence-corrected chi connectivity index (χ2v) is 4.86. The highest BCUT2D eigenvalue weighted by atomic mass is 15.5. The quantitative estimate of drug-likeness (QED) is 0.807. The Morgan fingerprint density at radius 1 is 1.47 bits per heavy atom. The first kappa shape index (κ1) is 10.3. The minimum atomic E-state index is 0.00102. The highest BCUT2D eigenvalue weighted by Crippen LogP contribution is 2.33. The molecular formula is C10H17N5. The number of aromatic nitrogens is 2. The first-order valence-corrected chi connectivity index (χ1v) is 5.23. The average molecular weight is 207 g/mol. The molecule has 1 unspecified atom stereocenters. The third kappa shape index (κ3) is 1.79. The van der Waals surface area contributed by atoms with Gasteiger partial charge in [-0.2, -0.15) is 10.2 Å². The fourth-order valence-electron chi connectivity index (χ4n) is 1.55. The minimum Gasteiger partial charge on any atom is -0.330 e. The molecule has 0 aliphatic carbocycles. The summed E-state index contributed by atoms with van der Waals surface area (Å²) in [5.41, 5.74) is 6.62. The average Bonchev–Trinajstić information content (AvgIpc) is 2.65. The molecule has 0 aromatic carbocycles. The van der Waals surface area contributed by atoms with Crippen molar-refractivity contribution in [1.29, 1.82) is 0 Å². The normalized spacial score (nSPS) is 19.6. The lowest BCUT2D eigenvalue weighted by Gasteiger charge is -2.14. The molecule has 5 nitrogen and oxygen atoms in total. The number of hydrogen-bond acceptors (Lipinski definition) is 4. The number of nitrogens with two attached hydrogens (primary N) is 1. The maximum Gasteiger partial charge on any atom is 0.175 e. The van der Waals surface area contributed by atoms with Crippen molar-refractivity contribution in [3.8, 4) is 0 Å². The zero-order chi connectivity index (χ0) is 11.1. The van der Waals surface area contributed by atoms with E-state index in [2.05, 4.69) is 36.1 Å². The van der Waals surface area contributed by atoms with Gasteiger partial charge in [-0.15, -0.1) is 5.11 Å². The van der Waals surface area contributed by atoms with Crippen LogP contribution >= 0.6 is 0 Å². The molecule has 82 valence electrons. The lowest BCUT2D eigenvalue weighted by Crippen LogP contribution is -2.15. The van der Waals surface area contributed by atoms with Crippen molar-refractivity contribution in [2.24, 2.45) is 16.0 Å². The molecule has 1 aliphatic heterocycles. The van der Waals surface area contributed by atoms with Crippen molar-refractivity contribution in [1.82, 2.24) is 9.78 Å². The van der Waals surface area contributed by atoms with Gasteiger partial charge in [-0.05, 0) is 6.54 Å². The van der Waals surface area contributed by atoms with E-state index in [0.717, 1.165) is 17.9 Å². The standard InChI is InChI=1S/C10H17N5/c1-10(2,3)7-6-9-13-12-8(4-5-11)15(9)14-7/h6,8H,4-5,11H2,1-3H3. The van der Waals surface area contributed by atoms with Gasteiger partial charge < -0.3 is 5.73 Å². The molecule has 5 heteroatoms. The SMILES string of the molecule is CC(C)(C)c1cc2n(n1)C(CCN)N=N2. The van der Waals surface area contributed by atoms with Gasteiger partial charge in [0.2, 0.25) is 0 Å². The zero-order valence-corrected chi connectivity index (χ0v) is 9.44. The van der Waals surface area contributed by atoms with Gasteiger partial charge in [0, 0.05) is 17.9 Å². The Balaban J connectivity index is 2.31. The Morgan fingerprint density at radius 3 is 2.80 bits per heavy atom.